The molecule has 0 bridgehead atoms. The number of carbonyl (C=O) groups is 3. The Kier molecular flexibility index (Phi) is 8.48. The van der Waals surface area contributed by atoms with Gasteiger partial charge in [-0.15, -0.1) is 0 Å². The van der Waals surface area contributed by atoms with E-state index in [1.54, 1.807) is 0 Å². The maximum atomic E-state index is 13.7. The fraction of sp³-hybridized carbons (Fsp3) is 0.550. The number of amides is 3. The molecule has 1 aliphatic rings. The zero-order valence-electron chi connectivity index (χ0n) is 16.4. The summed E-state index contributed by atoms with van der Waals surface area (Å²) in [4.78, 5) is 37.8. The normalized spacial score (nSPS) is 13.9. The first-order valence-corrected chi connectivity index (χ1v) is 9.82. The van der Waals surface area contributed by atoms with Crippen molar-refractivity contribution in [3.8, 4) is 0 Å². The number of carbonyl (C=O) groups excluding carboxylic acids is 3. The molecule has 160 valence electrons. The van der Waals surface area contributed by atoms with Crippen molar-refractivity contribution in [2.24, 2.45) is 5.92 Å². The van der Waals surface area contributed by atoms with Crippen LogP contribution in [0.3, 0.4) is 0 Å². The summed E-state index contributed by atoms with van der Waals surface area (Å²) in [6.45, 7) is 1.94. The van der Waals surface area contributed by atoms with Crippen LogP contribution >= 0.6 is 0 Å². The molecule has 2 rings (SSSR count). The van der Waals surface area contributed by atoms with Crippen LogP contribution < -0.4 is 10.6 Å². The van der Waals surface area contributed by atoms with Crippen molar-refractivity contribution in [3.63, 3.8) is 0 Å². The van der Waals surface area contributed by atoms with Gasteiger partial charge in [0.15, 0.2) is 17.5 Å². The summed E-state index contributed by atoms with van der Waals surface area (Å²) >= 11 is 0. The van der Waals surface area contributed by atoms with Crippen molar-refractivity contribution in [1.29, 1.82) is 0 Å². The summed E-state index contributed by atoms with van der Waals surface area (Å²) in [5.74, 6) is -5.64. The Morgan fingerprint density at radius 1 is 1.10 bits per heavy atom. The lowest BCUT2D eigenvalue weighted by Gasteiger charge is -2.22. The number of anilines is 1. The van der Waals surface area contributed by atoms with Gasteiger partial charge in [-0.2, -0.15) is 0 Å². The van der Waals surface area contributed by atoms with Crippen LogP contribution in [-0.2, 0) is 14.4 Å². The Balaban J connectivity index is 1.85. The third kappa shape index (κ3) is 6.47. The molecular weight excluding hydrogens is 387 g/mol. The lowest BCUT2D eigenvalue weighted by atomic mass is 10.1. The third-order valence-corrected chi connectivity index (χ3v) is 4.85. The van der Waals surface area contributed by atoms with Gasteiger partial charge in [-0.3, -0.25) is 14.4 Å². The minimum atomic E-state index is -1.68. The molecule has 1 saturated carbocycles. The summed E-state index contributed by atoms with van der Waals surface area (Å²) in [6, 6.07) is 1.62. The fourth-order valence-corrected chi connectivity index (χ4v) is 3.33. The quantitative estimate of drug-likeness (QED) is 0.611. The van der Waals surface area contributed by atoms with Crippen LogP contribution in [0.5, 0.6) is 0 Å². The molecule has 2 N–H and O–H groups in total. The van der Waals surface area contributed by atoms with Crippen LogP contribution in [0, 0.1) is 23.4 Å². The predicted octanol–water partition coefficient (Wildman–Crippen LogP) is 2.98. The van der Waals surface area contributed by atoms with E-state index in [9.17, 15) is 27.6 Å². The van der Waals surface area contributed by atoms with E-state index >= 15 is 0 Å². The fourth-order valence-electron chi connectivity index (χ4n) is 3.33. The van der Waals surface area contributed by atoms with Crippen molar-refractivity contribution in [2.75, 3.05) is 25.0 Å². The highest BCUT2D eigenvalue weighted by atomic mass is 19.2. The van der Waals surface area contributed by atoms with Crippen LogP contribution in [0.25, 0.3) is 0 Å². The Labute approximate surface area is 167 Å². The smallest absolute Gasteiger partial charge is 0.244 e. The standard InChI is InChI=1S/C20H26F3N3O3/c1-2-11-26(17(28)9-10-24-20(29)13-5-3-4-6-13)12-16(27)25-15-8-7-14(21)18(22)19(15)23/h7-8,13H,2-6,9-12H2,1H3,(H,24,29)(H,25,27). The molecule has 1 aromatic rings. The molecule has 1 fully saturated rings. The van der Waals surface area contributed by atoms with Gasteiger partial charge in [-0.25, -0.2) is 13.2 Å². The van der Waals surface area contributed by atoms with Gasteiger partial charge in [0.25, 0.3) is 0 Å². The van der Waals surface area contributed by atoms with Gasteiger partial charge in [0, 0.05) is 25.4 Å². The molecule has 0 spiro atoms. The van der Waals surface area contributed by atoms with Gasteiger partial charge in [-0.05, 0) is 31.4 Å². The van der Waals surface area contributed by atoms with Crippen molar-refractivity contribution in [2.45, 2.75) is 45.4 Å². The molecule has 0 aromatic heterocycles. The molecule has 0 saturated heterocycles. The number of hydrogen-bond acceptors (Lipinski definition) is 3. The number of halogens is 3. The molecule has 1 aliphatic carbocycles. The van der Waals surface area contributed by atoms with Crippen molar-refractivity contribution in [3.05, 3.63) is 29.6 Å². The largest absolute Gasteiger partial charge is 0.355 e. The molecule has 0 radical (unpaired) electrons. The molecule has 0 unspecified atom stereocenters. The number of nitrogens with one attached hydrogen (secondary N) is 2. The minimum Gasteiger partial charge on any atom is -0.355 e. The van der Waals surface area contributed by atoms with Gasteiger partial charge in [-0.1, -0.05) is 19.8 Å². The Hall–Kier alpha value is -2.58. The lowest BCUT2D eigenvalue weighted by Crippen LogP contribution is -2.40. The van der Waals surface area contributed by atoms with E-state index in [2.05, 4.69) is 10.6 Å². The molecule has 0 atom stereocenters. The molecular formula is C20H26F3N3O3. The second-order valence-electron chi connectivity index (χ2n) is 7.11. The van der Waals surface area contributed by atoms with E-state index in [0.717, 1.165) is 31.7 Å². The SMILES string of the molecule is CCCN(CC(=O)Nc1ccc(F)c(F)c1F)C(=O)CCNC(=O)C1CCCC1. The lowest BCUT2D eigenvalue weighted by molar-refractivity contribution is -0.134. The van der Waals surface area contributed by atoms with Crippen LogP contribution in [0.4, 0.5) is 18.9 Å². The van der Waals surface area contributed by atoms with Crippen molar-refractivity contribution < 1.29 is 27.6 Å². The first kappa shape index (κ1) is 22.7. The zero-order valence-corrected chi connectivity index (χ0v) is 16.4. The summed E-state index contributed by atoms with van der Waals surface area (Å²) in [6.07, 6.45) is 4.42. The summed E-state index contributed by atoms with van der Waals surface area (Å²) < 4.78 is 39.9. The summed E-state index contributed by atoms with van der Waals surface area (Å²) in [7, 11) is 0. The van der Waals surface area contributed by atoms with E-state index in [1.807, 2.05) is 6.92 Å². The molecule has 6 nitrogen and oxygen atoms in total. The number of nitrogens with zero attached hydrogens (tertiary/aromatic N) is 1. The van der Waals surface area contributed by atoms with Gasteiger partial charge in [0.2, 0.25) is 17.7 Å². The molecule has 3 amide bonds. The molecule has 1 aromatic carbocycles. The Morgan fingerprint density at radius 2 is 1.79 bits per heavy atom. The number of hydrogen-bond donors (Lipinski definition) is 2. The van der Waals surface area contributed by atoms with Gasteiger partial charge in [0.05, 0.1) is 12.2 Å². The minimum absolute atomic E-state index is 0.00799. The number of benzene rings is 1. The van der Waals surface area contributed by atoms with Gasteiger partial charge >= 0.3 is 0 Å². The van der Waals surface area contributed by atoms with Crippen molar-refractivity contribution >= 4 is 23.4 Å². The number of rotatable bonds is 9. The van der Waals surface area contributed by atoms with E-state index in [4.69, 9.17) is 0 Å². The average Bonchev–Trinajstić information content (AvgIpc) is 3.23. The molecule has 9 heteroatoms. The third-order valence-electron chi connectivity index (χ3n) is 4.85. The Bertz CT molecular complexity index is 752. The maximum absolute atomic E-state index is 13.7. The second-order valence-corrected chi connectivity index (χ2v) is 7.11. The van der Waals surface area contributed by atoms with E-state index in [1.165, 1.54) is 4.90 Å². The molecule has 0 aliphatic heterocycles. The van der Waals surface area contributed by atoms with E-state index in [-0.39, 0.29) is 37.2 Å². The van der Waals surface area contributed by atoms with Crippen LogP contribution in [0.15, 0.2) is 12.1 Å². The predicted molar refractivity (Wildman–Crippen MR) is 101 cm³/mol. The van der Waals surface area contributed by atoms with E-state index < -0.39 is 29.0 Å². The monoisotopic (exact) mass is 413 g/mol. The first-order valence-electron chi connectivity index (χ1n) is 9.82. The Morgan fingerprint density at radius 3 is 2.45 bits per heavy atom. The van der Waals surface area contributed by atoms with Gasteiger partial charge < -0.3 is 15.5 Å². The summed E-state index contributed by atoms with van der Waals surface area (Å²) in [5, 5.41) is 4.90. The molecule has 0 heterocycles. The second kappa shape index (κ2) is 10.8. The van der Waals surface area contributed by atoms with Crippen LogP contribution in [0.1, 0.15) is 45.4 Å². The van der Waals surface area contributed by atoms with Crippen LogP contribution in [0.2, 0.25) is 0 Å². The zero-order chi connectivity index (χ0) is 21.4. The maximum Gasteiger partial charge on any atom is 0.244 e. The topological polar surface area (TPSA) is 78.5 Å². The van der Waals surface area contributed by atoms with Gasteiger partial charge in [0.1, 0.15) is 0 Å². The average molecular weight is 413 g/mol. The van der Waals surface area contributed by atoms with Crippen molar-refractivity contribution in [1.82, 2.24) is 10.2 Å². The van der Waals surface area contributed by atoms with Crippen LogP contribution in [-0.4, -0.2) is 42.3 Å². The first-order chi connectivity index (χ1) is 13.8. The molecule has 29 heavy (non-hydrogen) atoms. The summed E-state index contributed by atoms with van der Waals surface area (Å²) in [5.41, 5.74) is -0.498. The highest BCUT2D eigenvalue weighted by Crippen LogP contribution is 2.24. The highest BCUT2D eigenvalue weighted by molar-refractivity contribution is 5.94. The van der Waals surface area contributed by atoms with E-state index in [0.29, 0.717) is 19.0 Å². The highest BCUT2D eigenvalue weighted by Gasteiger charge is 2.23.